The fourth-order valence-corrected chi connectivity index (χ4v) is 1.93. The molecule has 0 radical (unpaired) electrons. The molecule has 0 spiro atoms. The Morgan fingerprint density at radius 2 is 2.39 bits per heavy atom. The molecule has 0 bridgehead atoms. The van der Waals surface area contributed by atoms with E-state index in [0.717, 1.165) is 11.8 Å². The number of pyridine rings is 1. The topological polar surface area (TPSA) is 50.9 Å². The van der Waals surface area contributed by atoms with Crippen LogP contribution in [-0.4, -0.2) is 11.0 Å². The second kappa shape index (κ2) is 5.04. The number of nitrogen functional groups attached to an aromatic ring is 1. The molecule has 1 heterocycles. The normalized spacial score (nSPS) is 12.3. The molecular weight excluding hydrogens is 229 g/mol. The summed E-state index contributed by atoms with van der Waals surface area (Å²) in [7, 11) is 0. The van der Waals surface area contributed by atoms with Crippen molar-refractivity contribution in [1.82, 2.24) is 4.98 Å². The first-order valence-corrected chi connectivity index (χ1v) is 5.83. The van der Waals surface area contributed by atoms with Crippen LogP contribution in [0.25, 0.3) is 10.9 Å². The molecule has 0 fully saturated rings. The number of rotatable bonds is 4. The van der Waals surface area contributed by atoms with E-state index in [-0.39, 0.29) is 11.9 Å². The molecule has 0 amide bonds. The minimum Gasteiger partial charge on any atom is -0.398 e. The highest BCUT2D eigenvalue weighted by Gasteiger charge is 2.13. The molecule has 0 aliphatic heterocycles. The molecule has 18 heavy (non-hydrogen) atoms. The van der Waals surface area contributed by atoms with Crippen molar-refractivity contribution < 1.29 is 4.39 Å². The number of hydrogen-bond donors (Lipinski definition) is 2. The van der Waals surface area contributed by atoms with Gasteiger partial charge in [0.05, 0.1) is 11.2 Å². The average Bonchev–Trinajstić information content (AvgIpc) is 2.35. The number of aromatic nitrogens is 1. The molecule has 1 unspecified atom stereocenters. The van der Waals surface area contributed by atoms with Crippen LogP contribution in [0.4, 0.5) is 15.8 Å². The van der Waals surface area contributed by atoms with Gasteiger partial charge in [-0.25, -0.2) is 4.39 Å². The van der Waals surface area contributed by atoms with E-state index in [2.05, 4.69) is 16.9 Å². The maximum Gasteiger partial charge on any atom is 0.150 e. The Balaban J connectivity index is 2.52. The highest BCUT2D eigenvalue weighted by Crippen LogP contribution is 2.30. The summed E-state index contributed by atoms with van der Waals surface area (Å²) >= 11 is 0. The van der Waals surface area contributed by atoms with Gasteiger partial charge in [0.1, 0.15) is 0 Å². The predicted molar refractivity (Wildman–Crippen MR) is 74.0 cm³/mol. The van der Waals surface area contributed by atoms with Gasteiger partial charge in [0.2, 0.25) is 0 Å². The quantitative estimate of drug-likeness (QED) is 0.641. The lowest BCUT2D eigenvalue weighted by molar-refractivity contribution is 0.628. The molecule has 2 aromatic rings. The zero-order valence-corrected chi connectivity index (χ0v) is 10.3. The first kappa shape index (κ1) is 12.4. The van der Waals surface area contributed by atoms with E-state index in [1.54, 1.807) is 18.3 Å². The molecule has 1 aromatic carbocycles. The molecule has 2 rings (SSSR count). The van der Waals surface area contributed by atoms with E-state index in [0.29, 0.717) is 16.9 Å². The molecule has 3 N–H and O–H groups in total. The summed E-state index contributed by atoms with van der Waals surface area (Å²) in [5, 5.41) is 3.87. The van der Waals surface area contributed by atoms with Gasteiger partial charge in [0.15, 0.2) is 5.82 Å². The van der Waals surface area contributed by atoms with Gasteiger partial charge in [-0.15, -0.1) is 6.58 Å². The van der Waals surface area contributed by atoms with Crippen LogP contribution >= 0.6 is 0 Å². The van der Waals surface area contributed by atoms with Crippen LogP contribution in [0, 0.1) is 5.82 Å². The van der Waals surface area contributed by atoms with Crippen LogP contribution in [0.5, 0.6) is 0 Å². The Bertz CT molecular complexity index is 581. The van der Waals surface area contributed by atoms with Crippen molar-refractivity contribution in [2.24, 2.45) is 0 Å². The average molecular weight is 245 g/mol. The lowest BCUT2D eigenvalue weighted by Gasteiger charge is -2.16. The van der Waals surface area contributed by atoms with Crippen LogP contribution in [-0.2, 0) is 0 Å². The van der Waals surface area contributed by atoms with Gasteiger partial charge >= 0.3 is 0 Å². The monoisotopic (exact) mass is 245 g/mol. The van der Waals surface area contributed by atoms with Crippen molar-refractivity contribution in [3.05, 3.63) is 42.9 Å². The molecule has 0 saturated carbocycles. The summed E-state index contributed by atoms with van der Waals surface area (Å²) in [6, 6.07) is 5.03. The van der Waals surface area contributed by atoms with E-state index in [1.807, 2.05) is 13.0 Å². The zero-order chi connectivity index (χ0) is 13.1. The van der Waals surface area contributed by atoms with Gasteiger partial charge in [0.25, 0.3) is 0 Å². The van der Waals surface area contributed by atoms with E-state index >= 15 is 0 Å². The van der Waals surface area contributed by atoms with E-state index < -0.39 is 0 Å². The van der Waals surface area contributed by atoms with Gasteiger partial charge < -0.3 is 11.1 Å². The fraction of sp³-hybridized carbons (Fsp3) is 0.214. The van der Waals surface area contributed by atoms with Crippen molar-refractivity contribution in [3.8, 4) is 0 Å². The summed E-state index contributed by atoms with van der Waals surface area (Å²) in [6.07, 6.45) is 4.17. The van der Waals surface area contributed by atoms with Crippen LogP contribution < -0.4 is 11.1 Å². The van der Waals surface area contributed by atoms with Crippen molar-refractivity contribution in [2.45, 2.75) is 19.4 Å². The number of nitrogens with one attached hydrogen (secondary N) is 1. The van der Waals surface area contributed by atoms with Gasteiger partial charge in [0, 0.05) is 23.3 Å². The van der Waals surface area contributed by atoms with Gasteiger partial charge in [-0.3, -0.25) is 4.98 Å². The summed E-state index contributed by atoms with van der Waals surface area (Å²) in [6.45, 7) is 5.64. The third-order valence-electron chi connectivity index (χ3n) is 2.79. The molecule has 1 aromatic heterocycles. The number of anilines is 2. The molecule has 4 heteroatoms. The Labute approximate surface area is 106 Å². The molecule has 0 aliphatic rings. The fourth-order valence-electron chi connectivity index (χ4n) is 1.93. The Kier molecular flexibility index (Phi) is 3.46. The lowest BCUT2D eigenvalue weighted by atomic mass is 10.1. The Morgan fingerprint density at radius 3 is 3.11 bits per heavy atom. The number of nitrogens with two attached hydrogens (primary N) is 1. The number of hydrogen-bond acceptors (Lipinski definition) is 3. The second-order valence-electron chi connectivity index (χ2n) is 4.29. The zero-order valence-electron chi connectivity index (χ0n) is 10.3. The lowest BCUT2D eigenvalue weighted by Crippen LogP contribution is -2.15. The first-order valence-electron chi connectivity index (χ1n) is 5.83. The molecule has 0 saturated heterocycles. The predicted octanol–water partition coefficient (Wildman–Crippen LogP) is 3.33. The van der Waals surface area contributed by atoms with Crippen LogP contribution in [0.1, 0.15) is 13.3 Å². The number of benzene rings is 1. The van der Waals surface area contributed by atoms with E-state index in [9.17, 15) is 4.39 Å². The van der Waals surface area contributed by atoms with Crippen molar-refractivity contribution in [1.29, 1.82) is 0 Å². The maximum absolute atomic E-state index is 14.0. The van der Waals surface area contributed by atoms with Crippen LogP contribution in [0.2, 0.25) is 0 Å². The Hall–Kier alpha value is -2.10. The summed E-state index contributed by atoms with van der Waals surface area (Å²) in [5.41, 5.74) is 7.15. The summed E-state index contributed by atoms with van der Waals surface area (Å²) in [4.78, 5) is 4.21. The third-order valence-corrected chi connectivity index (χ3v) is 2.79. The number of halogens is 1. The summed E-state index contributed by atoms with van der Waals surface area (Å²) < 4.78 is 14.0. The van der Waals surface area contributed by atoms with Crippen LogP contribution in [0.3, 0.4) is 0 Å². The SMILES string of the molecule is C=CCC(C)Nc1c(F)cc(N)c2cccnc12. The first-order chi connectivity index (χ1) is 8.63. The minimum atomic E-state index is -0.380. The van der Waals surface area contributed by atoms with Gasteiger partial charge in [-0.05, 0) is 31.5 Å². The molecule has 0 aliphatic carbocycles. The smallest absolute Gasteiger partial charge is 0.150 e. The van der Waals surface area contributed by atoms with E-state index in [4.69, 9.17) is 5.73 Å². The van der Waals surface area contributed by atoms with Crippen molar-refractivity contribution >= 4 is 22.3 Å². The maximum atomic E-state index is 14.0. The third kappa shape index (κ3) is 2.27. The molecular formula is C14H16FN3. The standard InChI is InChI=1S/C14H16FN3/c1-3-5-9(2)18-14-11(15)8-12(16)10-6-4-7-17-13(10)14/h3-4,6-9,18H,1,5,16H2,2H3. The van der Waals surface area contributed by atoms with Crippen LogP contribution in [0.15, 0.2) is 37.1 Å². The summed E-state index contributed by atoms with van der Waals surface area (Å²) in [5.74, 6) is -0.380. The number of nitrogens with zero attached hydrogens (tertiary/aromatic N) is 1. The van der Waals surface area contributed by atoms with Gasteiger partial charge in [-0.1, -0.05) is 6.08 Å². The van der Waals surface area contributed by atoms with E-state index in [1.165, 1.54) is 6.07 Å². The molecule has 1 atom stereocenters. The highest BCUT2D eigenvalue weighted by molar-refractivity contribution is 5.98. The van der Waals surface area contributed by atoms with Gasteiger partial charge in [-0.2, -0.15) is 0 Å². The molecule has 3 nitrogen and oxygen atoms in total. The Morgan fingerprint density at radius 1 is 1.61 bits per heavy atom. The molecule has 94 valence electrons. The highest BCUT2D eigenvalue weighted by atomic mass is 19.1. The van der Waals surface area contributed by atoms with Crippen molar-refractivity contribution in [3.63, 3.8) is 0 Å². The minimum absolute atomic E-state index is 0.0887. The second-order valence-corrected chi connectivity index (χ2v) is 4.29. The largest absolute Gasteiger partial charge is 0.398 e. The number of fused-ring (bicyclic) bond motifs is 1. The van der Waals surface area contributed by atoms with Crippen molar-refractivity contribution in [2.75, 3.05) is 11.1 Å².